The molecule has 2 amide bonds. The summed E-state index contributed by atoms with van der Waals surface area (Å²) in [5, 5.41) is 14.5. The molecule has 5 heteroatoms. The lowest BCUT2D eigenvalue weighted by Crippen LogP contribution is -2.23. The van der Waals surface area contributed by atoms with Crippen molar-refractivity contribution in [3.63, 3.8) is 0 Å². The minimum atomic E-state index is -0.304. The number of nitrogens with one attached hydrogen (secondary N) is 2. The number of nitrogens with zero attached hydrogens (tertiary/aromatic N) is 1. The fourth-order valence-electron chi connectivity index (χ4n) is 2.75. The Morgan fingerprint density at radius 2 is 1.57 bits per heavy atom. The number of carbonyl (C=O) groups is 2. The Kier molecular flexibility index (Phi) is 5.83. The van der Waals surface area contributed by atoms with E-state index in [9.17, 15) is 9.59 Å². The molecular weight excluding hydrogens is 350 g/mol. The number of rotatable bonds is 5. The van der Waals surface area contributed by atoms with Crippen LogP contribution in [0.4, 0.5) is 5.69 Å². The second kappa shape index (κ2) is 8.65. The van der Waals surface area contributed by atoms with Gasteiger partial charge in [-0.2, -0.15) is 5.26 Å². The highest BCUT2D eigenvalue weighted by atomic mass is 16.2. The van der Waals surface area contributed by atoms with Crippen molar-refractivity contribution in [1.29, 1.82) is 5.26 Å². The van der Waals surface area contributed by atoms with Crippen LogP contribution in [0.2, 0.25) is 0 Å². The molecule has 0 fully saturated rings. The Bertz CT molecular complexity index is 1050. The molecule has 0 atom stereocenters. The van der Waals surface area contributed by atoms with E-state index in [0.29, 0.717) is 28.9 Å². The fourth-order valence-corrected chi connectivity index (χ4v) is 2.75. The highest BCUT2D eigenvalue weighted by molar-refractivity contribution is 6.05. The number of aryl methyl sites for hydroxylation is 1. The minimum Gasteiger partial charge on any atom is -0.348 e. The van der Waals surface area contributed by atoms with Crippen molar-refractivity contribution in [2.24, 2.45) is 0 Å². The molecule has 28 heavy (non-hydrogen) atoms. The Hall–Kier alpha value is -3.91. The smallest absolute Gasteiger partial charge is 0.255 e. The first-order valence-electron chi connectivity index (χ1n) is 8.80. The molecule has 2 N–H and O–H groups in total. The summed E-state index contributed by atoms with van der Waals surface area (Å²) in [5.74, 6) is -0.503. The van der Waals surface area contributed by atoms with Crippen LogP contribution in [0.15, 0.2) is 72.8 Å². The number of carbonyl (C=O) groups excluding carboxylic acids is 2. The molecule has 0 saturated carbocycles. The molecule has 0 aliphatic rings. The van der Waals surface area contributed by atoms with Gasteiger partial charge in [-0.1, -0.05) is 35.9 Å². The minimum absolute atomic E-state index is 0.199. The lowest BCUT2D eigenvalue weighted by Gasteiger charge is -2.08. The van der Waals surface area contributed by atoms with Crippen LogP contribution in [0.5, 0.6) is 0 Å². The van der Waals surface area contributed by atoms with Crippen molar-refractivity contribution in [3.05, 3.63) is 101 Å². The normalized spacial score (nSPS) is 10.0. The number of benzene rings is 3. The quantitative estimate of drug-likeness (QED) is 0.712. The van der Waals surface area contributed by atoms with Crippen molar-refractivity contribution in [2.75, 3.05) is 5.32 Å². The van der Waals surface area contributed by atoms with Gasteiger partial charge in [0.25, 0.3) is 11.8 Å². The number of hydrogen-bond donors (Lipinski definition) is 2. The van der Waals surface area contributed by atoms with Crippen molar-refractivity contribution in [3.8, 4) is 6.07 Å². The monoisotopic (exact) mass is 369 g/mol. The lowest BCUT2D eigenvalue weighted by molar-refractivity contribution is 0.0949. The molecule has 0 spiro atoms. The Morgan fingerprint density at radius 3 is 2.25 bits per heavy atom. The second-order valence-corrected chi connectivity index (χ2v) is 6.40. The van der Waals surface area contributed by atoms with Crippen molar-refractivity contribution >= 4 is 17.5 Å². The van der Waals surface area contributed by atoms with Gasteiger partial charge in [-0.25, -0.2) is 0 Å². The molecule has 3 rings (SSSR count). The third-order valence-corrected chi connectivity index (χ3v) is 4.19. The van der Waals surface area contributed by atoms with E-state index in [1.165, 1.54) is 0 Å². The van der Waals surface area contributed by atoms with E-state index in [1.54, 1.807) is 48.5 Å². The summed E-state index contributed by atoms with van der Waals surface area (Å²) in [5.41, 5.74) is 4.10. The van der Waals surface area contributed by atoms with Crippen LogP contribution in [-0.4, -0.2) is 11.8 Å². The second-order valence-electron chi connectivity index (χ2n) is 6.40. The van der Waals surface area contributed by atoms with Gasteiger partial charge in [0.2, 0.25) is 0 Å². The third kappa shape index (κ3) is 4.83. The van der Waals surface area contributed by atoms with E-state index < -0.39 is 0 Å². The van der Waals surface area contributed by atoms with Crippen LogP contribution < -0.4 is 10.6 Å². The molecule has 0 radical (unpaired) electrons. The standard InChI is InChI=1S/C23H19N3O2/c1-16-4-2-6-18(12-16)15-25-22(27)19-8-10-20(11-9-19)23(28)26-21-7-3-5-17(13-21)14-24/h2-13H,15H2,1H3,(H,25,27)(H,26,28). The van der Waals surface area contributed by atoms with Gasteiger partial charge in [0.05, 0.1) is 11.6 Å². The van der Waals surface area contributed by atoms with Gasteiger partial charge < -0.3 is 10.6 Å². The SMILES string of the molecule is Cc1cccc(CNC(=O)c2ccc(C(=O)Nc3cccc(C#N)c3)cc2)c1. The van der Waals surface area contributed by atoms with Gasteiger partial charge in [0.15, 0.2) is 0 Å². The van der Waals surface area contributed by atoms with E-state index >= 15 is 0 Å². The Balaban J connectivity index is 1.61. The van der Waals surface area contributed by atoms with E-state index in [1.807, 2.05) is 37.3 Å². The number of nitriles is 1. The van der Waals surface area contributed by atoms with Crippen LogP contribution in [0.3, 0.4) is 0 Å². The molecule has 3 aromatic rings. The average Bonchev–Trinajstić information content (AvgIpc) is 2.72. The number of anilines is 1. The fraction of sp³-hybridized carbons (Fsp3) is 0.0870. The molecular formula is C23H19N3O2. The van der Waals surface area contributed by atoms with E-state index in [0.717, 1.165) is 11.1 Å². The van der Waals surface area contributed by atoms with Crippen LogP contribution in [0.1, 0.15) is 37.4 Å². The largest absolute Gasteiger partial charge is 0.348 e. The van der Waals surface area contributed by atoms with Gasteiger partial charge in [0.1, 0.15) is 0 Å². The van der Waals surface area contributed by atoms with Gasteiger partial charge in [0, 0.05) is 23.4 Å². The van der Waals surface area contributed by atoms with E-state index in [-0.39, 0.29) is 11.8 Å². The number of hydrogen-bond acceptors (Lipinski definition) is 3. The summed E-state index contributed by atoms with van der Waals surface area (Å²) < 4.78 is 0. The molecule has 0 unspecified atom stereocenters. The highest BCUT2D eigenvalue weighted by Crippen LogP contribution is 2.13. The third-order valence-electron chi connectivity index (χ3n) is 4.19. The Labute approximate surface area is 163 Å². The van der Waals surface area contributed by atoms with Gasteiger partial charge >= 0.3 is 0 Å². The summed E-state index contributed by atoms with van der Waals surface area (Å²) in [6, 6.07) is 23.1. The maximum atomic E-state index is 12.3. The van der Waals surface area contributed by atoms with Crippen LogP contribution in [0, 0.1) is 18.3 Å². The molecule has 0 aliphatic carbocycles. The summed E-state index contributed by atoms with van der Waals surface area (Å²) in [6.45, 7) is 2.45. The molecule has 0 aromatic heterocycles. The molecule has 0 heterocycles. The predicted octanol–water partition coefficient (Wildman–Crippen LogP) is 4.05. The summed E-state index contributed by atoms with van der Waals surface area (Å²) in [6.07, 6.45) is 0. The maximum Gasteiger partial charge on any atom is 0.255 e. The molecule has 5 nitrogen and oxygen atoms in total. The number of amides is 2. The topological polar surface area (TPSA) is 82.0 Å². The van der Waals surface area contributed by atoms with E-state index in [2.05, 4.69) is 10.6 Å². The Morgan fingerprint density at radius 1 is 0.893 bits per heavy atom. The van der Waals surface area contributed by atoms with Crippen molar-refractivity contribution < 1.29 is 9.59 Å². The molecule has 3 aromatic carbocycles. The van der Waals surface area contributed by atoms with Gasteiger partial charge in [-0.15, -0.1) is 0 Å². The zero-order chi connectivity index (χ0) is 19.9. The molecule has 0 bridgehead atoms. The van der Waals surface area contributed by atoms with Crippen LogP contribution in [0.25, 0.3) is 0 Å². The molecule has 138 valence electrons. The van der Waals surface area contributed by atoms with Crippen molar-refractivity contribution in [1.82, 2.24) is 5.32 Å². The first-order valence-corrected chi connectivity index (χ1v) is 8.80. The predicted molar refractivity (Wildman–Crippen MR) is 108 cm³/mol. The van der Waals surface area contributed by atoms with E-state index in [4.69, 9.17) is 5.26 Å². The van der Waals surface area contributed by atoms with Crippen molar-refractivity contribution in [2.45, 2.75) is 13.5 Å². The zero-order valence-corrected chi connectivity index (χ0v) is 15.4. The zero-order valence-electron chi connectivity index (χ0n) is 15.4. The maximum absolute atomic E-state index is 12.3. The summed E-state index contributed by atoms with van der Waals surface area (Å²) in [7, 11) is 0. The van der Waals surface area contributed by atoms with Gasteiger partial charge in [-0.05, 0) is 55.0 Å². The first kappa shape index (κ1) is 18.9. The summed E-state index contributed by atoms with van der Waals surface area (Å²) in [4.78, 5) is 24.6. The van der Waals surface area contributed by atoms with Crippen LogP contribution >= 0.6 is 0 Å². The molecule has 0 saturated heterocycles. The summed E-state index contributed by atoms with van der Waals surface area (Å²) >= 11 is 0. The van der Waals surface area contributed by atoms with Gasteiger partial charge in [-0.3, -0.25) is 9.59 Å². The average molecular weight is 369 g/mol. The molecule has 0 aliphatic heterocycles. The highest BCUT2D eigenvalue weighted by Gasteiger charge is 2.09. The van der Waals surface area contributed by atoms with Crippen LogP contribution in [-0.2, 0) is 6.54 Å². The first-order chi connectivity index (χ1) is 13.5. The lowest BCUT2D eigenvalue weighted by atomic mass is 10.1.